The van der Waals surface area contributed by atoms with E-state index >= 15 is 0 Å². The highest BCUT2D eigenvalue weighted by molar-refractivity contribution is 6.33. The number of ether oxygens (including phenoxy) is 1. The second-order valence-electron chi connectivity index (χ2n) is 4.07. The Hall–Kier alpha value is -0.770. The molecule has 96 valence electrons. The van der Waals surface area contributed by atoms with Crippen molar-refractivity contribution < 1.29 is 4.74 Å². The number of likely N-dealkylation sites (N-methyl/N-ethyl adjacent to an activating group) is 1. The summed E-state index contributed by atoms with van der Waals surface area (Å²) in [4.78, 5) is 2.19. The lowest BCUT2D eigenvalue weighted by molar-refractivity contribution is 0.205. The first-order valence-corrected chi connectivity index (χ1v) is 6.26. The molecule has 0 radical (unpaired) electrons. The van der Waals surface area contributed by atoms with Crippen LogP contribution in [-0.2, 0) is 4.74 Å². The smallest absolute Gasteiger partial charge is 0.0642 e. The van der Waals surface area contributed by atoms with Crippen molar-refractivity contribution in [2.45, 2.75) is 19.9 Å². The number of nitrogens with two attached hydrogens (primary N) is 1. The van der Waals surface area contributed by atoms with E-state index in [-0.39, 0.29) is 6.04 Å². The minimum atomic E-state index is 0.00982. The van der Waals surface area contributed by atoms with E-state index in [9.17, 15) is 0 Å². The highest BCUT2D eigenvalue weighted by Gasteiger charge is 2.10. The lowest BCUT2D eigenvalue weighted by atomic mass is 10.1. The summed E-state index contributed by atoms with van der Waals surface area (Å²) in [5, 5.41) is 0.748. The van der Waals surface area contributed by atoms with Crippen LogP contribution in [0.25, 0.3) is 0 Å². The number of anilines is 1. The number of hydrogen-bond acceptors (Lipinski definition) is 3. The van der Waals surface area contributed by atoms with Crippen LogP contribution < -0.4 is 10.6 Å². The Bertz CT molecular complexity index is 355. The number of nitrogens with zero attached hydrogens (tertiary/aromatic N) is 1. The third kappa shape index (κ3) is 3.87. The number of halogens is 1. The van der Waals surface area contributed by atoms with E-state index in [2.05, 4.69) is 11.8 Å². The Labute approximate surface area is 109 Å². The lowest BCUT2D eigenvalue weighted by Crippen LogP contribution is -2.27. The summed E-state index contributed by atoms with van der Waals surface area (Å²) in [5.74, 6) is 0. The summed E-state index contributed by atoms with van der Waals surface area (Å²) in [5.41, 5.74) is 7.92. The van der Waals surface area contributed by atoms with E-state index in [1.807, 2.05) is 25.1 Å². The van der Waals surface area contributed by atoms with Crippen LogP contribution in [0.2, 0.25) is 5.02 Å². The van der Waals surface area contributed by atoms with Gasteiger partial charge in [0.25, 0.3) is 0 Å². The van der Waals surface area contributed by atoms with Crippen molar-refractivity contribution in [3.63, 3.8) is 0 Å². The molecule has 1 aromatic carbocycles. The van der Waals surface area contributed by atoms with Gasteiger partial charge < -0.3 is 15.4 Å². The summed E-state index contributed by atoms with van der Waals surface area (Å²) in [6, 6.07) is 6.01. The van der Waals surface area contributed by atoms with Gasteiger partial charge in [0.15, 0.2) is 0 Å². The molecule has 0 aliphatic heterocycles. The molecule has 0 unspecified atom stereocenters. The fourth-order valence-corrected chi connectivity index (χ4v) is 2.02. The first-order chi connectivity index (χ1) is 8.10. The van der Waals surface area contributed by atoms with Crippen LogP contribution in [0.5, 0.6) is 0 Å². The average Bonchev–Trinajstić information content (AvgIpc) is 2.31. The second-order valence-corrected chi connectivity index (χ2v) is 4.48. The minimum absolute atomic E-state index is 0.00982. The van der Waals surface area contributed by atoms with Gasteiger partial charge in [-0.15, -0.1) is 0 Å². The molecule has 0 bridgehead atoms. The van der Waals surface area contributed by atoms with Crippen LogP contribution in [0.3, 0.4) is 0 Å². The largest absolute Gasteiger partial charge is 0.383 e. The molecular weight excluding hydrogens is 236 g/mol. The van der Waals surface area contributed by atoms with Crippen molar-refractivity contribution in [1.82, 2.24) is 0 Å². The molecule has 0 aromatic heterocycles. The summed E-state index contributed by atoms with van der Waals surface area (Å²) in [6.45, 7) is 6.49. The summed E-state index contributed by atoms with van der Waals surface area (Å²) < 4.78 is 5.09. The minimum Gasteiger partial charge on any atom is -0.383 e. The van der Waals surface area contributed by atoms with Gasteiger partial charge >= 0.3 is 0 Å². The Kier molecular flexibility index (Phi) is 5.75. The summed E-state index contributed by atoms with van der Waals surface area (Å²) in [6.07, 6.45) is 0. The molecule has 0 aliphatic rings. The van der Waals surface area contributed by atoms with Gasteiger partial charge in [-0.25, -0.2) is 0 Å². The number of methoxy groups -OCH3 is 1. The van der Waals surface area contributed by atoms with Crippen molar-refractivity contribution in [3.05, 3.63) is 28.8 Å². The Balaban J connectivity index is 2.88. The molecule has 0 spiro atoms. The van der Waals surface area contributed by atoms with Crippen molar-refractivity contribution in [1.29, 1.82) is 0 Å². The van der Waals surface area contributed by atoms with E-state index < -0.39 is 0 Å². The molecule has 0 saturated carbocycles. The molecule has 2 N–H and O–H groups in total. The molecule has 1 rings (SSSR count). The van der Waals surface area contributed by atoms with E-state index in [1.165, 1.54) is 0 Å². The van der Waals surface area contributed by atoms with Gasteiger partial charge in [-0.1, -0.05) is 17.7 Å². The molecule has 1 atom stereocenters. The van der Waals surface area contributed by atoms with Crippen LogP contribution in [-0.4, -0.2) is 26.8 Å². The van der Waals surface area contributed by atoms with Gasteiger partial charge in [0.05, 0.1) is 17.3 Å². The number of hydrogen-bond donors (Lipinski definition) is 1. The molecule has 3 nitrogen and oxygen atoms in total. The second kappa shape index (κ2) is 6.84. The van der Waals surface area contributed by atoms with Gasteiger partial charge in [0.2, 0.25) is 0 Å². The Morgan fingerprint density at radius 3 is 2.65 bits per heavy atom. The predicted octanol–water partition coefficient (Wildman–Crippen LogP) is 2.83. The van der Waals surface area contributed by atoms with Crippen molar-refractivity contribution in [3.8, 4) is 0 Å². The molecule has 0 saturated heterocycles. The quantitative estimate of drug-likeness (QED) is 0.851. The normalized spacial score (nSPS) is 12.5. The SMILES string of the molecule is CCN(CCOC)c1ccc([C@H](C)N)cc1Cl. The zero-order valence-corrected chi connectivity index (χ0v) is 11.5. The Morgan fingerprint density at radius 2 is 2.18 bits per heavy atom. The fourth-order valence-electron chi connectivity index (χ4n) is 1.71. The maximum absolute atomic E-state index is 6.29. The summed E-state index contributed by atoms with van der Waals surface area (Å²) >= 11 is 6.29. The fraction of sp³-hybridized carbons (Fsp3) is 0.538. The standard InChI is InChI=1S/C13H21ClN2O/c1-4-16(7-8-17-3)13-6-5-11(10(2)15)9-12(13)14/h5-6,9-10H,4,7-8,15H2,1-3H3/t10-/m0/s1. The zero-order valence-electron chi connectivity index (χ0n) is 10.7. The first-order valence-electron chi connectivity index (χ1n) is 5.89. The van der Waals surface area contributed by atoms with E-state index in [1.54, 1.807) is 7.11 Å². The summed E-state index contributed by atoms with van der Waals surface area (Å²) in [7, 11) is 1.70. The molecule has 0 amide bonds. The monoisotopic (exact) mass is 256 g/mol. The van der Waals surface area contributed by atoms with Crippen LogP contribution in [0.1, 0.15) is 25.5 Å². The highest BCUT2D eigenvalue weighted by Crippen LogP contribution is 2.28. The van der Waals surface area contributed by atoms with Gasteiger partial charge in [-0.05, 0) is 31.5 Å². The van der Waals surface area contributed by atoms with E-state index in [0.717, 1.165) is 29.4 Å². The van der Waals surface area contributed by atoms with Gasteiger partial charge in [-0.3, -0.25) is 0 Å². The zero-order chi connectivity index (χ0) is 12.8. The van der Waals surface area contributed by atoms with Crippen LogP contribution in [0.15, 0.2) is 18.2 Å². The Morgan fingerprint density at radius 1 is 1.47 bits per heavy atom. The molecule has 4 heteroatoms. The number of rotatable bonds is 6. The van der Waals surface area contributed by atoms with E-state index in [0.29, 0.717) is 6.61 Å². The topological polar surface area (TPSA) is 38.5 Å². The average molecular weight is 257 g/mol. The van der Waals surface area contributed by atoms with Crippen LogP contribution in [0.4, 0.5) is 5.69 Å². The number of benzene rings is 1. The maximum atomic E-state index is 6.29. The maximum Gasteiger partial charge on any atom is 0.0642 e. The van der Waals surface area contributed by atoms with Gasteiger partial charge in [0.1, 0.15) is 0 Å². The first kappa shape index (κ1) is 14.3. The van der Waals surface area contributed by atoms with Gasteiger partial charge in [0, 0.05) is 26.2 Å². The van der Waals surface area contributed by atoms with E-state index in [4.69, 9.17) is 22.1 Å². The lowest BCUT2D eigenvalue weighted by Gasteiger charge is -2.24. The molecule has 1 aromatic rings. The molecule has 17 heavy (non-hydrogen) atoms. The molecule has 0 aliphatic carbocycles. The molecule has 0 heterocycles. The van der Waals surface area contributed by atoms with Crippen molar-refractivity contribution in [2.75, 3.05) is 31.7 Å². The van der Waals surface area contributed by atoms with Crippen LogP contribution >= 0.6 is 11.6 Å². The van der Waals surface area contributed by atoms with Gasteiger partial charge in [-0.2, -0.15) is 0 Å². The van der Waals surface area contributed by atoms with Crippen molar-refractivity contribution >= 4 is 17.3 Å². The third-order valence-corrected chi connectivity index (χ3v) is 3.09. The van der Waals surface area contributed by atoms with Crippen molar-refractivity contribution in [2.24, 2.45) is 5.73 Å². The highest BCUT2D eigenvalue weighted by atomic mass is 35.5. The van der Waals surface area contributed by atoms with Crippen LogP contribution in [0, 0.1) is 0 Å². The third-order valence-electron chi connectivity index (χ3n) is 2.79. The molecule has 0 fully saturated rings. The predicted molar refractivity (Wildman–Crippen MR) is 73.8 cm³/mol. The molecular formula is C13H21ClN2O.